The fourth-order valence-corrected chi connectivity index (χ4v) is 4.73. The minimum atomic E-state index is -0.0329. The lowest BCUT2D eigenvalue weighted by Crippen LogP contribution is -2.32. The number of fused-ring (bicyclic) bond motifs is 2. The van der Waals surface area contributed by atoms with E-state index >= 15 is 0 Å². The Labute approximate surface area is 178 Å². The van der Waals surface area contributed by atoms with E-state index in [1.54, 1.807) is 22.3 Å². The van der Waals surface area contributed by atoms with E-state index in [-0.39, 0.29) is 11.7 Å². The lowest BCUT2D eigenvalue weighted by Gasteiger charge is -2.21. The van der Waals surface area contributed by atoms with Crippen LogP contribution in [0.2, 0.25) is 0 Å². The first-order chi connectivity index (χ1) is 14.6. The minimum absolute atomic E-state index is 0.0329. The summed E-state index contributed by atoms with van der Waals surface area (Å²) in [7, 11) is 0. The Balaban J connectivity index is 1.52. The molecule has 0 fully saturated rings. The van der Waals surface area contributed by atoms with E-state index in [0.29, 0.717) is 31.0 Å². The van der Waals surface area contributed by atoms with Gasteiger partial charge in [0.1, 0.15) is 11.6 Å². The van der Waals surface area contributed by atoms with Crippen LogP contribution in [-0.2, 0) is 6.54 Å². The summed E-state index contributed by atoms with van der Waals surface area (Å²) in [6, 6.07) is 19.2. The van der Waals surface area contributed by atoms with Crippen molar-refractivity contribution in [3.05, 3.63) is 77.4 Å². The summed E-state index contributed by atoms with van der Waals surface area (Å²) >= 11 is 1.58. The second-order valence-electron chi connectivity index (χ2n) is 7.36. The number of phenolic OH excluding ortho intramolecular Hbond substituents is 1. The quantitative estimate of drug-likeness (QED) is 0.499. The number of thiazole rings is 1. The van der Waals surface area contributed by atoms with Gasteiger partial charge in [-0.05, 0) is 42.8 Å². The molecule has 1 aliphatic rings. The van der Waals surface area contributed by atoms with Crippen molar-refractivity contribution in [3.63, 3.8) is 0 Å². The Morgan fingerprint density at radius 1 is 1.13 bits per heavy atom. The lowest BCUT2D eigenvalue weighted by atomic mass is 10.1. The molecule has 0 aliphatic carbocycles. The number of para-hydroxylation sites is 1. The number of aromatic nitrogens is 1. The van der Waals surface area contributed by atoms with Crippen LogP contribution in [0.4, 0.5) is 0 Å². The fourth-order valence-electron chi connectivity index (χ4n) is 3.77. The molecule has 30 heavy (non-hydrogen) atoms. The van der Waals surface area contributed by atoms with Crippen LogP contribution < -0.4 is 4.74 Å². The van der Waals surface area contributed by atoms with Crippen LogP contribution in [0.5, 0.6) is 11.5 Å². The zero-order chi connectivity index (χ0) is 20.7. The predicted octanol–water partition coefficient (Wildman–Crippen LogP) is 5.01. The van der Waals surface area contributed by atoms with Crippen molar-refractivity contribution in [2.75, 3.05) is 13.2 Å². The van der Waals surface area contributed by atoms with Crippen LogP contribution in [0.15, 0.2) is 60.7 Å². The molecule has 5 nitrogen and oxygen atoms in total. The Kier molecular flexibility index (Phi) is 4.64. The number of hydrogen-bond acceptors (Lipinski definition) is 5. The van der Waals surface area contributed by atoms with E-state index in [0.717, 1.165) is 31.9 Å². The topological polar surface area (TPSA) is 62.7 Å². The zero-order valence-electron chi connectivity index (χ0n) is 16.5. The van der Waals surface area contributed by atoms with Gasteiger partial charge < -0.3 is 14.7 Å². The summed E-state index contributed by atoms with van der Waals surface area (Å²) in [5.74, 6) is 0.487. The molecule has 2 heterocycles. The van der Waals surface area contributed by atoms with Crippen LogP contribution in [0, 0.1) is 6.92 Å². The smallest absolute Gasteiger partial charge is 0.254 e. The summed E-state index contributed by atoms with van der Waals surface area (Å²) in [6.07, 6.45) is 0. The van der Waals surface area contributed by atoms with Crippen molar-refractivity contribution < 1.29 is 14.6 Å². The van der Waals surface area contributed by atoms with Crippen molar-refractivity contribution in [2.45, 2.75) is 13.5 Å². The number of benzene rings is 3. The van der Waals surface area contributed by atoms with Gasteiger partial charge in [-0.2, -0.15) is 0 Å². The molecule has 3 aromatic carbocycles. The normalized spacial score (nSPS) is 13.6. The number of aromatic hydroxyl groups is 1. The Morgan fingerprint density at radius 2 is 1.93 bits per heavy atom. The van der Waals surface area contributed by atoms with Crippen LogP contribution in [0.25, 0.3) is 20.8 Å². The van der Waals surface area contributed by atoms with Crippen molar-refractivity contribution in [3.8, 4) is 22.1 Å². The number of carbonyl (C=O) groups excluding carboxylic acids is 1. The molecular formula is C24H20N2O3S. The van der Waals surface area contributed by atoms with E-state index in [1.807, 2.05) is 61.5 Å². The third-order valence-corrected chi connectivity index (χ3v) is 6.40. The number of hydrogen-bond donors (Lipinski definition) is 1. The highest BCUT2D eigenvalue weighted by Gasteiger charge is 2.25. The van der Waals surface area contributed by atoms with Crippen molar-refractivity contribution >= 4 is 27.5 Å². The molecule has 1 N–H and O–H groups in total. The Bertz CT molecular complexity index is 1230. The van der Waals surface area contributed by atoms with Crippen LogP contribution in [0.3, 0.4) is 0 Å². The van der Waals surface area contributed by atoms with Crippen molar-refractivity contribution in [1.82, 2.24) is 9.88 Å². The molecule has 1 aromatic heterocycles. The summed E-state index contributed by atoms with van der Waals surface area (Å²) in [6.45, 7) is 3.10. The molecule has 0 atom stereocenters. The number of aryl methyl sites for hydroxylation is 1. The van der Waals surface area contributed by atoms with Crippen LogP contribution in [-0.4, -0.2) is 34.0 Å². The monoisotopic (exact) mass is 416 g/mol. The fraction of sp³-hybridized carbons (Fsp3) is 0.167. The molecule has 0 radical (unpaired) electrons. The molecule has 0 spiro atoms. The van der Waals surface area contributed by atoms with Gasteiger partial charge in [-0.1, -0.05) is 30.3 Å². The first-order valence-electron chi connectivity index (χ1n) is 9.80. The molecule has 150 valence electrons. The van der Waals surface area contributed by atoms with Gasteiger partial charge in [-0.15, -0.1) is 11.3 Å². The maximum absolute atomic E-state index is 13.1. The number of amides is 1. The first-order valence-corrected chi connectivity index (χ1v) is 10.6. The molecule has 0 unspecified atom stereocenters. The highest BCUT2D eigenvalue weighted by atomic mass is 32.1. The molecule has 6 heteroatoms. The van der Waals surface area contributed by atoms with Gasteiger partial charge in [0.2, 0.25) is 0 Å². The average molecular weight is 417 g/mol. The highest BCUT2D eigenvalue weighted by Crippen LogP contribution is 2.39. The van der Waals surface area contributed by atoms with Crippen LogP contribution >= 0.6 is 11.3 Å². The molecule has 1 amide bonds. The van der Waals surface area contributed by atoms with Gasteiger partial charge in [0, 0.05) is 23.2 Å². The second kappa shape index (κ2) is 7.46. The second-order valence-corrected chi connectivity index (χ2v) is 8.39. The third kappa shape index (κ3) is 3.29. The molecule has 4 aromatic rings. The maximum Gasteiger partial charge on any atom is 0.254 e. The van der Waals surface area contributed by atoms with Gasteiger partial charge in [-0.25, -0.2) is 4.98 Å². The summed E-state index contributed by atoms with van der Waals surface area (Å²) in [5.41, 5.74) is 4.16. The van der Waals surface area contributed by atoms with Crippen molar-refractivity contribution in [2.24, 2.45) is 0 Å². The number of carbonyl (C=O) groups is 1. The third-order valence-electron chi connectivity index (χ3n) is 5.32. The minimum Gasteiger partial charge on any atom is -0.504 e. The molecule has 0 bridgehead atoms. The maximum atomic E-state index is 13.1. The van der Waals surface area contributed by atoms with Gasteiger partial charge in [0.05, 0.1) is 16.8 Å². The van der Waals surface area contributed by atoms with Gasteiger partial charge in [0.25, 0.3) is 5.91 Å². The highest BCUT2D eigenvalue weighted by molar-refractivity contribution is 7.21. The standard InChI is InChI=1S/C24H20N2O3S/c1-15-6-2-3-7-18(15)24(28)26-10-11-29-22-17(14-26)12-16(13-20(22)27)23-25-19-8-4-5-9-21(19)30-23/h2-9,12-13,27H,10-11,14H2,1H3. The van der Waals surface area contributed by atoms with Crippen LogP contribution in [0.1, 0.15) is 21.5 Å². The van der Waals surface area contributed by atoms with E-state index in [4.69, 9.17) is 9.72 Å². The number of nitrogens with zero attached hydrogens (tertiary/aromatic N) is 2. The van der Waals surface area contributed by atoms with E-state index in [2.05, 4.69) is 0 Å². The molecule has 1 aliphatic heterocycles. The Hall–Kier alpha value is -3.38. The van der Waals surface area contributed by atoms with Gasteiger partial charge in [-0.3, -0.25) is 4.79 Å². The predicted molar refractivity (Wildman–Crippen MR) is 118 cm³/mol. The lowest BCUT2D eigenvalue weighted by molar-refractivity contribution is 0.0732. The molecule has 0 saturated heterocycles. The summed E-state index contributed by atoms with van der Waals surface area (Å²) in [5, 5.41) is 11.5. The molecule has 0 saturated carbocycles. The van der Waals surface area contributed by atoms with E-state index < -0.39 is 0 Å². The first kappa shape index (κ1) is 18.6. The Morgan fingerprint density at radius 3 is 2.77 bits per heavy atom. The average Bonchev–Trinajstić information content (AvgIpc) is 3.06. The number of rotatable bonds is 2. The van der Waals surface area contributed by atoms with Gasteiger partial charge in [0.15, 0.2) is 11.5 Å². The summed E-state index contributed by atoms with van der Waals surface area (Å²) in [4.78, 5) is 19.6. The SMILES string of the molecule is Cc1ccccc1C(=O)N1CCOc2c(O)cc(-c3nc4ccccc4s3)cc2C1. The van der Waals surface area contributed by atoms with E-state index in [9.17, 15) is 9.90 Å². The van der Waals surface area contributed by atoms with Crippen molar-refractivity contribution in [1.29, 1.82) is 0 Å². The number of phenols is 1. The summed E-state index contributed by atoms with van der Waals surface area (Å²) < 4.78 is 6.91. The molecule has 5 rings (SSSR count). The van der Waals surface area contributed by atoms with E-state index in [1.165, 1.54) is 0 Å². The molecular weight excluding hydrogens is 396 g/mol. The zero-order valence-corrected chi connectivity index (χ0v) is 17.3. The largest absolute Gasteiger partial charge is 0.504 e. The van der Waals surface area contributed by atoms with Gasteiger partial charge >= 0.3 is 0 Å². The number of ether oxygens (including phenoxy) is 1.